The maximum Gasteiger partial charge on any atom is 0.318 e. The quantitative estimate of drug-likeness (QED) is 0.708. The van der Waals surface area contributed by atoms with Gasteiger partial charge in [0.2, 0.25) is 0 Å². The molecule has 0 saturated heterocycles. The molecule has 1 aliphatic carbocycles. The summed E-state index contributed by atoms with van der Waals surface area (Å²) in [5.74, 6) is -0.448. The van der Waals surface area contributed by atoms with Gasteiger partial charge in [0.15, 0.2) is 0 Å². The number of halogens is 1. The molecule has 0 bridgehead atoms. The van der Waals surface area contributed by atoms with E-state index >= 15 is 4.39 Å². The fourth-order valence-corrected chi connectivity index (χ4v) is 4.71. The van der Waals surface area contributed by atoms with Gasteiger partial charge in [0, 0.05) is 19.4 Å². The summed E-state index contributed by atoms with van der Waals surface area (Å²) in [5, 5.41) is 0. The molecule has 0 atom stereocenters. The van der Waals surface area contributed by atoms with Gasteiger partial charge in [-0.05, 0) is 55.2 Å². The van der Waals surface area contributed by atoms with Crippen molar-refractivity contribution in [2.75, 3.05) is 31.4 Å². The van der Waals surface area contributed by atoms with Gasteiger partial charge in [0.05, 0.1) is 25.6 Å². The van der Waals surface area contributed by atoms with Gasteiger partial charge in [-0.3, -0.25) is 9.59 Å². The van der Waals surface area contributed by atoms with Crippen LogP contribution in [0.2, 0.25) is 0 Å². The zero-order valence-electron chi connectivity index (χ0n) is 18.3. The highest BCUT2D eigenvalue weighted by Crippen LogP contribution is 2.39. The molecular formula is C23H27FN4O4. The maximum atomic E-state index is 15.1. The monoisotopic (exact) mass is 442 g/mol. The van der Waals surface area contributed by atoms with Crippen molar-refractivity contribution in [2.24, 2.45) is 5.92 Å². The molecule has 2 aromatic rings. The molecule has 1 aliphatic heterocycles. The standard InChI is InChI=1S/C23H27FN4O4/c1-31-19(29)11-13-3-5-14(6-4-13)15-7-8-18(16(24)12-15)28-10-9-17-20(22(28)30)21(25)27-23(26-17)32-2/h7-8,12-14H,3-6,9-11H2,1-2H3,(H2,25,26,27). The summed E-state index contributed by atoms with van der Waals surface area (Å²) in [7, 11) is 2.84. The summed E-state index contributed by atoms with van der Waals surface area (Å²) in [6.07, 6.45) is 4.47. The highest BCUT2D eigenvalue weighted by atomic mass is 19.1. The van der Waals surface area contributed by atoms with Gasteiger partial charge in [-0.15, -0.1) is 0 Å². The number of esters is 1. The zero-order chi connectivity index (χ0) is 22.8. The number of ether oxygens (including phenoxy) is 2. The van der Waals surface area contributed by atoms with E-state index in [4.69, 9.17) is 15.2 Å². The Morgan fingerprint density at radius 3 is 2.62 bits per heavy atom. The van der Waals surface area contributed by atoms with Crippen LogP contribution < -0.4 is 15.4 Å². The van der Waals surface area contributed by atoms with Crippen molar-refractivity contribution in [2.45, 2.75) is 44.4 Å². The normalized spacial score (nSPS) is 20.6. The highest BCUT2D eigenvalue weighted by molar-refractivity contribution is 6.10. The number of fused-ring (bicyclic) bond motifs is 1. The minimum absolute atomic E-state index is 0.0299. The third-order valence-corrected chi connectivity index (χ3v) is 6.47. The lowest BCUT2D eigenvalue weighted by molar-refractivity contribution is -0.142. The number of aromatic nitrogens is 2. The Morgan fingerprint density at radius 2 is 1.97 bits per heavy atom. The predicted molar refractivity (Wildman–Crippen MR) is 116 cm³/mol. The zero-order valence-corrected chi connectivity index (χ0v) is 18.3. The van der Waals surface area contributed by atoms with E-state index in [2.05, 4.69) is 9.97 Å². The molecule has 2 aliphatic rings. The summed E-state index contributed by atoms with van der Waals surface area (Å²) in [6.45, 7) is 0.292. The van der Waals surface area contributed by atoms with E-state index in [0.717, 1.165) is 31.2 Å². The van der Waals surface area contributed by atoms with Crippen molar-refractivity contribution >= 4 is 23.4 Å². The molecule has 1 aromatic carbocycles. The van der Waals surface area contributed by atoms with E-state index in [1.54, 1.807) is 6.07 Å². The molecule has 2 heterocycles. The lowest BCUT2D eigenvalue weighted by atomic mass is 9.77. The summed E-state index contributed by atoms with van der Waals surface area (Å²) in [5.41, 5.74) is 7.80. The van der Waals surface area contributed by atoms with E-state index in [-0.39, 0.29) is 35.0 Å². The molecule has 1 saturated carbocycles. The molecule has 170 valence electrons. The van der Waals surface area contributed by atoms with Crippen LogP contribution in [0.3, 0.4) is 0 Å². The van der Waals surface area contributed by atoms with Crippen LogP contribution in [-0.4, -0.2) is 42.6 Å². The number of rotatable bonds is 5. The third-order valence-electron chi connectivity index (χ3n) is 6.47. The Morgan fingerprint density at radius 1 is 1.22 bits per heavy atom. The summed E-state index contributed by atoms with van der Waals surface area (Å²) >= 11 is 0. The number of anilines is 2. The van der Waals surface area contributed by atoms with Crippen molar-refractivity contribution in [3.8, 4) is 6.01 Å². The second-order valence-electron chi connectivity index (χ2n) is 8.33. The number of nitrogens with zero attached hydrogens (tertiary/aromatic N) is 3. The molecule has 0 radical (unpaired) electrons. The Kier molecular flexibility index (Phi) is 6.25. The number of nitrogen functional groups attached to an aromatic ring is 1. The van der Waals surface area contributed by atoms with Crippen LogP contribution in [0, 0.1) is 11.7 Å². The Balaban J connectivity index is 1.49. The average Bonchev–Trinajstić information content (AvgIpc) is 2.79. The Labute approximate surface area is 185 Å². The van der Waals surface area contributed by atoms with Crippen molar-refractivity contribution in [1.29, 1.82) is 0 Å². The van der Waals surface area contributed by atoms with E-state index in [0.29, 0.717) is 31.0 Å². The fourth-order valence-electron chi connectivity index (χ4n) is 4.71. The van der Waals surface area contributed by atoms with Gasteiger partial charge in [0.1, 0.15) is 17.2 Å². The fraction of sp³-hybridized carbons (Fsp3) is 0.478. The van der Waals surface area contributed by atoms with Crippen LogP contribution in [0.4, 0.5) is 15.9 Å². The molecule has 1 fully saturated rings. The molecule has 8 nitrogen and oxygen atoms in total. The van der Waals surface area contributed by atoms with Crippen molar-refractivity contribution < 1.29 is 23.5 Å². The Hall–Kier alpha value is -3.23. The number of benzene rings is 1. The van der Waals surface area contributed by atoms with Crippen LogP contribution >= 0.6 is 0 Å². The van der Waals surface area contributed by atoms with Gasteiger partial charge in [-0.2, -0.15) is 9.97 Å². The molecule has 0 unspecified atom stereocenters. The number of hydrogen-bond donors (Lipinski definition) is 1. The largest absolute Gasteiger partial charge is 0.469 e. The number of carbonyl (C=O) groups is 2. The van der Waals surface area contributed by atoms with Gasteiger partial charge in [0.25, 0.3) is 5.91 Å². The molecule has 1 amide bonds. The van der Waals surface area contributed by atoms with Crippen molar-refractivity contribution in [1.82, 2.24) is 9.97 Å². The number of nitrogens with two attached hydrogens (primary N) is 1. The van der Waals surface area contributed by atoms with E-state index in [1.165, 1.54) is 25.2 Å². The first-order chi connectivity index (χ1) is 15.4. The summed E-state index contributed by atoms with van der Waals surface area (Å²) < 4.78 is 24.9. The third kappa shape index (κ3) is 4.24. The smallest absolute Gasteiger partial charge is 0.318 e. The first-order valence-corrected chi connectivity index (χ1v) is 10.8. The summed E-state index contributed by atoms with van der Waals surface area (Å²) in [4.78, 5) is 34.1. The molecule has 4 rings (SSSR count). The highest BCUT2D eigenvalue weighted by Gasteiger charge is 2.32. The molecular weight excluding hydrogens is 415 g/mol. The second-order valence-corrected chi connectivity index (χ2v) is 8.33. The molecule has 9 heteroatoms. The van der Waals surface area contributed by atoms with Crippen molar-refractivity contribution in [3.05, 3.63) is 40.8 Å². The lowest BCUT2D eigenvalue weighted by Gasteiger charge is -2.30. The number of hydrogen-bond acceptors (Lipinski definition) is 7. The van der Waals surface area contributed by atoms with Crippen molar-refractivity contribution in [3.63, 3.8) is 0 Å². The average molecular weight is 442 g/mol. The molecule has 2 N–H and O–H groups in total. The first-order valence-electron chi connectivity index (χ1n) is 10.8. The molecule has 1 aromatic heterocycles. The van der Waals surface area contributed by atoms with Crippen LogP contribution in [0.1, 0.15) is 59.6 Å². The molecule has 0 spiro atoms. The summed E-state index contributed by atoms with van der Waals surface area (Å²) in [6, 6.07) is 5.19. The topological polar surface area (TPSA) is 108 Å². The number of amides is 1. The number of methoxy groups -OCH3 is 2. The van der Waals surface area contributed by atoms with E-state index in [9.17, 15) is 9.59 Å². The van der Waals surface area contributed by atoms with E-state index < -0.39 is 11.7 Å². The van der Waals surface area contributed by atoms with Crippen LogP contribution in [0.15, 0.2) is 18.2 Å². The Bertz CT molecular complexity index is 1040. The molecule has 32 heavy (non-hydrogen) atoms. The van der Waals surface area contributed by atoms with Gasteiger partial charge < -0.3 is 20.1 Å². The van der Waals surface area contributed by atoms with Crippen LogP contribution in [-0.2, 0) is 16.0 Å². The van der Waals surface area contributed by atoms with Crippen LogP contribution in [0.25, 0.3) is 0 Å². The number of carbonyl (C=O) groups excluding carboxylic acids is 2. The predicted octanol–water partition coefficient (Wildman–Crippen LogP) is 3.25. The van der Waals surface area contributed by atoms with Gasteiger partial charge in [-0.25, -0.2) is 4.39 Å². The van der Waals surface area contributed by atoms with Crippen LogP contribution in [0.5, 0.6) is 6.01 Å². The maximum absolute atomic E-state index is 15.1. The van der Waals surface area contributed by atoms with E-state index in [1.807, 2.05) is 6.07 Å². The van der Waals surface area contributed by atoms with Gasteiger partial charge in [-0.1, -0.05) is 6.07 Å². The minimum atomic E-state index is -0.441. The SMILES string of the molecule is COC(=O)CC1CCC(c2ccc(N3CCc4nc(OC)nc(N)c4C3=O)c(F)c2)CC1. The minimum Gasteiger partial charge on any atom is -0.469 e. The first kappa shape index (κ1) is 22.0. The second kappa shape index (κ2) is 9.10. The lowest BCUT2D eigenvalue weighted by Crippen LogP contribution is -2.39. The van der Waals surface area contributed by atoms with Gasteiger partial charge >= 0.3 is 12.0 Å².